The van der Waals surface area contributed by atoms with Crippen molar-refractivity contribution in [1.82, 2.24) is 5.32 Å². The molecule has 0 amide bonds. The Hall–Kier alpha value is -0.120. The van der Waals surface area contributed by atoms with Gasteiger partial charge in [-0.3, -0.25) is 0 Å². The molecule has 3 nitrogen and oxygen atoms in total. The van der Waals surface area contributed by atoms with Gasteiger partial charge in [-0.05, 0) is 46.2 Å². The molecule has 1 fully saturated rings. The summed E-state index contributed by atoms with van der Waals surface area (Å²) in [6.07, 6.45) is 4.32. The van der Waals surface area contributed by atoms with E-state index in [4.69, 9.17) is 9.47 Å². The van der Waals surface area contributed by atoms with Gasteiger partial charge in [0, 0.05) is 6.61 Å². The molecular weight excluding hydrogens is 190 g/mol. The van der Waals surface area contributed by atoms with Crippen LogP contribution in [0.15, 0.2) is 0 Å². The van der Waals surface area contributed by atoms with Gasteiger partial charge < -0.3 is 14.8 Å². The number of rotatable bonds is 6. The smallest absolute Gasteiger partial charge is 0.0624 e. The second-order valence-electron chi connectivity index (χ2n) is 4.43. The van der Waals surface area contributed by atoms with Gasteiger partial charge in [-0.1, -0.05) is 6.92 Å². The van der Waals surface area contributed by atoms with Crippen LogP contribution in [0.2, 0.25) is 0 Å². The van der Waals surface area contributed by atoms with E-state index in [1.165, 1.54) is 0 Å². The molecule has 1 heterocycles. The Kier molecular flexibility index (Phi) is 6.22. The topological polar surface area (TPSA) is 30.5 Å². The Morgan fingerprint density at radius 2 is 1.93 bits per heavy atom. The standard InChI is InChI=1S/C12H25NO2/c1-4-13-6-5-7-14-12-8-10(2)15-11(3)9-12/h10-13H,4-9H2,1-3H3. The summed E-state index contributed by atoms with van der Waals surface area (Å²) in [6, 6.07) is 0. The lowest BCUT2D eigenvalue weighted by Gasteiger charge is -2.32. The minimum absolute atomic E-state index is 0.354. The number of ether oxygens (including phenoxy) is 2. The van der Waals surface area contributed by atoms with Gasteiger partial charge in [-0.15, -0.1) is 0 Å². The molecule has 1 saturated heterocycles. The molecule has 2 unspecified atom stereocenters. The van der Waals surface area contributed by atoms with Crippen molar-refractivity contribution in [2.24, 2.45) is 0 Å². The summed E-state index contributed by atoms with van der Waals surface area (Å²) in [5.74, 6) is 0. The maximum atomic E-state index is 5.85. The highest BCUT2D eigenvalue weighted by atomic mass is 16.5. The summed E-state index contributed by atoms with van der Waals surface area (Å²) in [4.78, 5) is 0. The van der Waals surface area contributed by atoms with Crippen LogP contribution in [0.5, 0.6) is 0 Å². The average molecular weight is 215 g/mol. The van der Waals surface area contributed by atoms with Gasteiger partial charge in [-0.2, -0.15) is 0 Å². The predicted octanol–water partition coefficient (Wildman–Crippen LogP) is 1.96. The van der Waals surface area contributed by atoms with E-state index in [1.807, 2.05) is 0 Å². The fourth-order valence-electron chi connectivity index (χ4n) is 2.10. The highest BCUT2D eigenvalue weighted by molar-refractivity contribution is 4.73. The Bertz CT molecular complexity index is 154. The largest absolute Gasteiger partial charge is 0.378 e. The molecule has 0 radical (unpaired) electrons. The highest BCUT2D eigenvalue weighted by Gasteiger charge is 2.24. The summed E-state index contributed by atoms with van der Waals surface area (Å²) >= 11 is 0. The predicted molar refractivity (Wildman–Crippen MR) is 62.1 cm³/mol. The number of nitrogens with one attached hydrogen (secondary N) is 1. The molecule has 3 heteroatoms. The second kappa shape index (κ2) is 7.20. The summed E-state index contributed by atoms with van der Waals surface area (Å²) in [5.41, 5.74) is 0. The van der Waals surface area contributed by atoms with E-state index in [1.54, 1.807) is 0 Å². The molecule has 0 aromatic rings. The Balaban J connectivity index is 2.04. The van der Waals surface area contributed by atoms with Gasteiger partial charge in [-0.25, -0.2) is 0 Å². The lowest BCUT2D eigenvalue weighted by Crippen LogP contribution is -2.34. The van der Waals surface area contributed by atoms with Crippen molar-refractivity contribution < 1.29 is 9.47 Å². The van der Waals surface area contributed by atoms with Crippen molar-refractivity contribution in [3.8, 4) is 0 Å². The van der Waals surface area contributed by atoms with Crippen LogP contribution in [0.25, 0.3) is 0 Å². The summed E-state index contributed by atoms with van der Waals surface area (Å²) in [7, 11) is 0. The van der Waals surface area contributed by atoms with Crippen LogP contribution in [0.4, 0.5) is 0 Å². The molecule has 0 bridgehead atoms. The molecule has 0 spiro atoms. The van der Waals surface area contributed by atoms with E-state index >= 15 is 0 Å². The third-order valence-corrected chi connectivity index (χ3v) is 2.76. The van der Waals surface area contributed by atoms with Crippen LogP contribution in [0, 0.1) is 0 Å². The highest BCUT2D eigenvalue weighted by Crippen LogP contribution is 2.21. The lowest BCUT2D eigenvalue weighted by molar-refractivity contribution is -0.102. The third-order valence-electron chi connectivity index (χ3n) is 2.76. The molecule has 15 heavy (non-hydrogen) atoms. The Morgan fingerprint density at radius 1 is 1.27 bits per heavy atom. The van der Waals surface area contributed by atoms with Gasteiger partial charge in [0.25, 0.3) is 0 Å². The van der Waals surface area contributed by atoms with Gasteiger partial charge in [0.15, 0.2) is 0 Å². The third kappa shape index (κ3) is 5.50. The van der Waals surface area contributed by atoms with Crippen molar-refractivity contribution in [3.05, 3.63) is 0 Å². The van der Waals surface area contributed by atoms with Crippen LogP contribution in [0.1, 0.15) is 40.0 Å². The minimum Gasteiger partial charge on any atom is -0.378 e. The minimum atomic E-state index is 0.354. The van der Waals surface area contributed by atoms with Crippen LogP contribution in [-0.4, -0.2) is 38.0 Å². The maximum absolute atomic E-state index is 5.85. The fourth-order valence-corrected chi connectivity index (χ4v) is 2.10. The molecule has 1 aliphatic rings. The van der Waals surface area contributed by atoms with Gasteiger partial charge >= 0.3 is 0 Å². The van der Waals surface area contributed by atoms with Crippen LogP contribution in [-0.2, 0) is 9.47 Å². The van der Waals surface area contributed by atoms with E-state index in [0.717, 1.165) is 39.0 Å². The van der Waals surface area contributed by atoms with Crippen LogP contribution < -0.4 is 5.32 Å². The molecule has 0 aliphatic carbocycles. The van der Waals surface area contributed by atoms with E-state index in [2.05, 4.69) is 26.1 Å². The zero-order valence-electron chi connectivity index (χ0n) is 10.3. The van der Waals surface area contributed by atoms with Gasteiger partial charge in [0.1, 0.15) is 0 Å². The zero-order chi connectivity index (χ0) is 11.1. The first-order chi connectivity index (χ1) is 7.22. The quantitative estimate of drug-likeness (QED) is 0.687. The van der Waals surface area contributed by atoms with E-state index in [-0.39, 0.29) is 0 Å². The zero-order valence-corrected chi connectivity index (χ0v) is 10.3. The summed E-state index contributed by atoms with van der Waals surface area (Å²) in [5, 5.41) is 3.30. The summed E-state index contributed by atoms with van der Waals surface area (Å²) < 4.78 is 11.5. The van der Waals surface area contributed by atoms with Gasteiger partial charge in [0.2, 0.25) is 0 Å². The summed E-state index contributed by atoms with van der Waals surface area (Å²) in [6.45, 7) is 9.37. The molecule has 0 saturated carbocycles. The van der Waals surface area contributed by atoms with Crippen molar-refractivity contribution in [2.45, 2.75) is 58.3 Å². The molecule has 1 aliphatic heterocycles. The normalized spacial score (nSPS) is 31.8. The molecule has 90 valence electrons. The maximum Gasteiger partial charge on any atom is 0.0624 e. The average Bonchev–Trinajstić information content (AvgIpc) is 2.16. The van der Waals surface area contributed by atoms with Crippen LogP contribution in [0.3, 0.4) is 0 Å². The molecule has 2 atom stereocenters. The van der Waals surface area contributed by atoms with E-state index < -0.39 is 0 Å². The first-order valence-electron chi connectivity index (χ1n) is 6.20. The Morgan fingerprint density at radius 3 is 2.53 bits per heavy atom. The lowest BCUT2D eigenvalue weighted by atomic mass is 10.0. The van der Waals surface area contributed by atoms with E-state index in [0.29, 0.717) is 18.3 Å². The number of hydrogen-bond donors (Lipinski definition) is 1. The molecular formula is C12H25NO2. The van der Waals surface area contributed by atoms with E-state index in [9.17, 15) is 0 Å². The molecule has 0 aromatic carbocycles. The van der Waals surface area contributed by atoms with Crippen LogP contribution >= 0.6 is 0 Å². The van der Waals surface area contributed by atoms with Crippen molar-refractivity contribution in [2.75, 3.05) is 19.7 Å². The van der Waals surface area contributed by atoms with Crippen molar-refractivity contribution >= 4 is 0 Å². The molecule has 1 rings (SSSR count). The first-order valence-corrected chi connectivity index (χ1v) is 6.20. The monoisotopic (exact) mass is 215 g/mol. The molecule has 1 N–H and O–H groups in total. The fraction of sp³-hybridized carbons (Fsp3) is 1.00. The van der Waals surface area contributed by atoms with Crippen molar-refractivity contribution in [1.29, 1.82) is 0 Å². The number of hydrogen-bond acceptors (Lipinski definition) is 3. The second-order valence-corrected chi connectivity index (χ2v) is 4.43. The SMILES string of the molecule is CCNCCCOC1CC(C)OC(C)C1. The Labute approximate surface area is 93.5 Å². The molecule has 0 aromatic heterocycles. The van der Waals surface area contributed by atoms with Crippen molar-refractivity contribution in [3.63, 3.8) is 0 Å². The van der Waals surface area contributed by atoms with Gasteiger partial charge in [0.05, 0.1) is 18.3 Å². The first kappa shape index (κ1) is 12.9.